The number of nitrogens with zero attached hydrogens (tertiary/aromatic N) is 2. The van der Waals surface area contributed by atoms with Crippen molar-refractivity contribution < 1.29 is 13.2 Å². The summed E-state index contributed by atoms with van der Waals surface area (Å²) >= 11 is 1.63. The monoisotopic (exact) mass is 333 g/mol. The van der Waals surface area contributed by atoms with Gasteiger partial charge in [-0.15, -0.1) is 11.3 Å². The summed E-state index contributed by atoms with van der Waals surface area (Å²) in [5.41, 5.74) is 0.953. The summed E-state index contributed by atoms with van der Waals surface area (Å²) in [5.74, 6) is 0.436. The fraction of sp³-hybridized carbons (Fsp3) is 0.769. The second kappa shape index (κ2) is 7.53. The van der Waals surface area contributed by atoms with Gasteiger partial charge in [0, 0.05) is 31.6 Å². The van der Waals surface area contributed by atoms with Crippen molar-refractivity contribution >= 4 is 26.3 Å². The van der Waals surface area contributed by atoms with E-state index in [0.717, 1.165) is 30.3 Å². The van der Waals surface area contributed by atoms with Crippen LogP contribution in [0, 0.1) is 0 Å². The van der Waals surface area contributed by atoms with Crippen molar-refractivity contribution in [2.24, 2.45) is 0 Å². The Labute approximate surface area is 130 Å². The Hall–Kier alpha value is -0.700. The van der Waals surface area contributed by atoms with E-state index < -0.39 is 9.84 Å². The minimum absolute atomic E-state index is 0.218. The third-order valence-electron chi connectivity index (χ3n) is 3.38. The Morgan fingerprint density at radius 2 is 2.10 bits per heavy atom. The summed E-state index contributed by atoms with van der Waals surface area (Å²) in [6.07, 6.45) is 1.09. The normalized spacial score (nSPS) is 18.1. The van der Waals surface area contributed by atoms with Crippen molar-refractivity contribution in [3.63, 3.8) is 0 Å². The highest BCUT2D eigenvalue weighted by Crippen LogP contribution is 2.28. The molecule has 8 heteroatoms. The molecule has 1 fully saturated rings. The van der Waals surface area contributed by atoms with Gasteiger partial charge < -0.3 is 15.0 Å². The molecule has 1 saturated heterocycles. The molecule has 0 amide bonds. The topological polar surface area (TPSA) is 71.5 Å². The van der Waals surface area contributed by atoms with E-state index in [-0.39, 0.29) is 11.5 Å². The molecule has 1 aromatic rings. The second-order valence-electron chi connectivity index (χ2n) is 5.11. The summed E-state index contributed by atoms with van der Waals surface area (Å²) in [4.78, 5) is 7.87. The van der Waals surface area contributed by atoms with Crippen LogP contribution in [0.3, 0.4) is 0 Å². The maximum Gasteiger partial charge on any atom is 0.185 e. The quantitative estimate of drug-likeness (QED) is 0.751. The molecule has 1 aromatic heterocycles. The molecule has 0 radical (unpaired) electrons. The standard InChI is InChI=1S/C13H23N3O3S2/c1-3-4-14-9-12-11(10-19-2)15-13(20-12)16-5-7-21(17,18)8-6-16/h14H,3-10H2,1-2H3. The van der Waals surface area contributed by atoms with E-state index in [2.05, 4.69) is 22.1 Å². The molecule has 1 aliphatic heterocycles. The van der Waals surface area contributed by atoms with E-state index in [4.69, 9.17) is 4.74 Å². The number of nitrogens with one attached hydrogen (secondary N) is 1. The third kappa shape index (κ3) is 4.64. The fourth-order valence-electron chi connectivity index (χ4n) is 2.17. The largest absolute Gasteiger partial charge is 0.378 e. The van der Waals surface area contributed by atoms with Crippen molar-refractivity contribution in [1.29, 1.82) is 0 Å². The van der Waals surface area contributed by atoms with Crippen molar-refractivity contribution in [2.75, 3.05) is 43.1 Å². The van der Waals surface area contributed by atoms with Gasteiger partial charge in [-0.05, 0) is 13.0 Å². The number of rotatable bonds is 7. The lowest BCUT2D eigenvalue weighted by Gasteiger charge is -2.25. The van der Waals surface area contributed by atoms with Gasteiger partial charge in [-0.2, -0.15) is 0 Å². The lowest BCUT2D eigenvalue weighted by Crippen LogP contribution is -2.40. The molecule has 0 atom stereocenters. The molecule has 2 heterocycles. The predicted molar refractivity (Wildman–Crippen MR) is 85.7 cm³/mol. The molecule has 2 rings (SSSR count). The van der Waals surface area contributed by atoms with Crippen molar-refractivity contribution in [2.45, 2.75) is 26.5 Å². The minimum atomic E-state index is -2.86. The number of methoxy groups -OCH3 is 1. The molecular weight excluding hydrogens is 310 g/mol. The Bertz CT molecular complexity index is 543. The van der Waals surface area contributed by atoms with Crippen LogP contribution >= 0.6 is 11.3 Å². The average molecular weight is 333 g/mol. The lowest BCUT2D eigenvalue weighted by molar-refractivity contribution is 0.181. The number of hydrogen-bond donors (Lipinski definition) is 1. The molecule has 120 valence electrons. The second-order valence-corrected chi connectivity index (χ2v) is 8.48. The average Bonchev–Trinajstić information content (AvgIpc) is 2.83. The summed E-state index contributed by atoms with van der Waals surface area (Å²) in [6.45, 7) is 5.45. The van der Waals surface area contributed by atoms with Gasteiger partial charge in [0.1, 0.15) is 0 Å². The maximum atomic E-state index is 11.5. The van der Waals surface area contributed by atoms with Gasteiger partial charge >= 0.3 is 0 Å². The molecule has 0 spiro atoms. The molecule has 1 aliphatic rings. The number of sulfone groups is 1. The minimum Gasteiger partial charge on any atom is -0.378 e. The highest BCUT2D eigenvalue weighted by Gasteiger charge is 2.24. The first-order valence-corrected chi connectivity index (χ1v) is 9.83. The molecule has 0 bridgehead atoms. The van der Waals surface area contributed by atoms with Crippen LogP contribution in [0.5, 0.6) is 0 Å². The van der Waals surface area contributed by atoms with Gasteiger partial charge in [-0.1, -0.05) is 6.92 Å². The van der Waals surface area contributed by atoms with Crippen LogP contribution in [-0.4, -0.2) is 51.7 Å². The van der Waals surface area contributed by atoms with Crippen LogP contribution in [0.25, 0.3) is 0 Å². The number of hydrogen-bond acceptors (Lipinski definition) is 7. The maximum absolute atomic E-state index is 11.5. The van der Waals surface area contributed by atoms with E-state index >= 15 is 0 Å². The molecular formula is C13H23N3O3S2. The Kier molecular flexibility index (Phi) is 5.98. The van der Waals surface area contributed by atoms with Crippen molar-refractivity contribution in [3.05, 3.63) is 10.6 Å². The van der Waals surface area contributed by atoms with Crippen molar-refractivity contribution in [1.82, 2.24) is 10.3 Å². The smallest absolute Gasteiger partial charge is 0.185 e. The molecule has 0 unspecified atom stereocenters. The van der Waals surface area contributed by atoms with E-state index in [9.17, 15) is 8.42 Å². The summed E-state index contributed by atoms with van der Waals surface area (Å²) in [5, 5.41) is 4.29. The van der Waals surface area contributed by atoms with Gasteiger partial charge in [0.15, 0.2) is 15.0 Å². The zero-order valence-corrected chi connectivity index (χ0v) is 14.2. The number of anilines is 1. The summed E-state index contributed by atoms with van der Waals surface area (Å²) in [6, 6.07) is 0. The van der Waals surface area contributed by atoms with Crippen LogP contribution in [0.1, 0.15) is 23.9 Å². The Morgan fingerprint density at radius 1 is 1.38 bits per heavy atom. The van der Waals surface area contributed by atoms with Gasteiger partial charge in [-0.25, -0.2) is 13.4 Å². The SMILES string of the molecule is CCCNCc1sc(N2CCS(=O)(=O)CC2)nc1COC. The molecule has 0 saturated carbocycles. The lowest BCUT2D eigenvalue weighted by atomic mass is 10.3. The summed E-state index contributed by atoms with van der Waals surface area (Å²) in [7, 11) is -1.19. The number of thiazole rings is 1. The Balaban J connectivity index is 2.07. The molecule has 0 aromatic carbocycles. The molecule has 21 heavy (non-hydrogen) atoms. The molecule has 0 aliphatic carbocycles. The highest BCUT2D eigenvalue weighted by molar-refractivity contribution is 7.91. The van der Waals surface area contributed by atoms with Crippen LogP contribution in [-0.2, 0) is 27.7 Å². The van der Waals surface area contributed by atoms with E-state index in [1.165, 1.54) is 4.88 Å². The summed E-state index contributed by atoms with van der Waals surface area (Å²) < 4.78 is 28.2. The Morgan fingerprint density at radius 3 is 2.71 bits per heavy atom. The van der Waals surface area contributed by atoms with E-state index in [1.807, 2.05) is 0 Å². The van der Waals surface area contributed by atoms with Crippen LogP contribution in [0.2, 0.25) is 0 Å². The fourth-order valence-corrected chi connectivity index (χ4v) is 4.46. The molecule has 6 nitrogen and oxygen atoms in total. The van der Waals surface area contributed by atoms with Crippen LogP contribution in [0.4, 0.5) is 5.13 Å². The zero-order valence-electron chi connectivity index (χ0n) is 12.6. The van der Waals surface area contributed by atoms with Gasteiger partial charge in [0.25, 0.3) is 0 Å². The predicted octanol–water partition coefficient (Wildman–Crippen LogP) is 1.02. The number of ether oxygens (including phenoxy) is 1. The van der Waals surface area contributed by atoms with E-state index in [1.54, 1.807) is 18.4 Å². The first kappa shape index (κ1) is 16.7. The molecule has 1 N–H and O–H groups in total. The van der Waals surface area contributed by atoms with Crippen LogP contribution in [0.15, 0.2) is 0 Å². The highest BCUT2D eigenvalue weighted by atomic mass is 32.2. The van der Waals surface area contributed by atoms with Crippen LogP contribution < -0.4 is 10.2 Å². The van der Waals surface area contributed by atoms with Gasteiger partial charge in [-0.3, -0.25) is 0 Å². The first-order chi connectivity index (χ1) is 10.1. The van der Waals surface area contributed by atoms with Gasteiger partial charge in [0.05, 0.1) is 23.8 Å². The van der Waals surface area contributed by atoms with Gasteiger partial charge in [0.2, 0.25) is 0 Å². The zero-order chi connectivity index (χ0) is 15.3. The first-order valence-electron chi connectivity index (χ1n) is 7.19. The third-order valence-corrected chi connectivity index (χ3v) is 6.14. The van der Waals surface area contributed by atoms with Crippen molar-refractivity contribution in [3.8, 4) is 0 Å². The van der Waals surface area contributed by atoms with E-state index in [0.29, 0.717) is 19.7 Å². The number of aromatic nitrogens is 1.